The molecule has 2 rings (SSSR count). The van der Waals surface area contributed by atoms with Crippen LogP contribution in [0.3, 0.4) is 0 Å². The molecule has 0 aliphatic carbocycles. The second-order valence-electron chi connectivity index (χ2n) is 5.09. The number of hydrogen-bond acceptors (Lipinski definition) is 4. The van der Waals surface area contributed by atoms with Crippen molar-refractivity contribution in [3.63, 3.8) is 0 Å². The van der Waals surface area contributed by atoms with Crippen molar-refractivity contribution < 1.29 is 21.6 Å². The van der Waals surface area contributed by atoms with Gasteiger partial charge in [0.2, 0.25) is 10.0 Å². The first-order valence-electron chi connectivity index (χ1n) is 6.49. The van der Waals surface area contributed by atoms with Gasteiger partial charge < -0.3 is 4.90 Å². The van der Waals surface area contributed by atoms with Crippen molar-refractivity contribution in [2.75, 3.05) is 11.9 Å². The fraction of sp³-hybridized carbons (Fsp3) is 0.286. The first-order valence-corrected chi connectivity index (χ1v) is 8.85. The second-order valence-corrected chi connectivity index (χ2v) is 7.99. The fourth-order valence-electron chi connectivity index (χ4n) is 2.12. The van der Waals surface area contributed by atoms with Crippen LogP contribution < -0.4 is 10.0 Å². The maximum absolute atomic E-state index is 13.1. The van der Waals surface area contributed by atoms with Crippen molar-refractivity contribution in [2.45, 2.75) is 24.5 Å². The zero-order valence-corrected chi connectivity index (χ0v) is 14.0. The molecule has 1 heterocycles. The number of anilines is 1. The number of aryl methyl sites for hydroxylation is 1. The molecule has 0 aliphatic rings. The lowest BCUT2D eigenvalue weighted by Gasteiger charge is -2.21. The van der Waals surface area contributed by atoms with E-state index in [0.29, 0.717) is 6.54 Å². The Balaban J connectivity index is 2.41. The Kier molecular flexibility index (Phi) is 4.74. The smallest absolute Gasteiger partial charge is 0.369 e. The minimum atomic E-state index is -4.81. The van der Waals surface area contributed by atoms with Gasteiger partial charge in [0.25, 0.3) is 0 Å². The molecule has 0 atom stereocenters. The molecule has 2 aromatic rings. The Hall–Kier alpha value is -1.58. The molecule has 4 nitrogen and oxygen atoms in total. The van der Waals surface area contributed by atoms with E-state index in [4.69, 9.17) is 5.14 Å². The second kappa shape index (κ2) is 6.14. The molecule has 23 heavy (non-hydrogen) atoms. The average molecular weight is 364 g/mol. The molecular formula is C14H15F3N2O2S2. The minimum Gasteiger partial charge on any atom is -0.369 e. The summed E-state index contributed by atoms with van der Waals surface area (Å²) >= 11 is 1.55. The third-order valence-corrected chi connectivity index (χ3v) is 5.16. The molecular weight excluding hydrogens is 349 g/mol. The van der Waals surface area contributed by atoms with E-state index < -0.39 is 26.7 Å². The van der Waals surface area contributed by atoms with Crippen molar-refractivity contribution >= 4 is 27.0 Å². The average Bonchev–Trinajstić information content (AvgIpc) is 2.81. The van der Waals surface area contributed by atoms with Crippen LogP contribution in [0.15, 0.2) is 35.2 Å². The third kappa shape index (κ3) is 4.24. The number of benzene rings is 1. The molecule has 0 spiro atoms. The Labute approximate surface area is 136 Å². The van der Waals surface area contributed by atoms with E-state index in [-0.39, 0.29) is 5.69 Å². The Morgan fingerprint density at radius 2 is 1.87 bits per heavy atom. The highest BCUT2D eigenvalue weighted by molar-refractivity contribution is 7.89. The summed E-state index contributed by atoms with van der Waals surface area (Å²) in [5.41, 5.74) is -0.998. The van der Waals surface area contributed by atoms with Crippen LogP contribution in [-0.2, 0) is 22.7 Å². The lowest BCUT2D eigenvalue weighted by molar-refractivity contribution is -0.139. The summed E-state index contributed by atoms with van der Waals surface area (Å²) in [4.78, 5) is 2.80. The van der Waals surface area contributed by atoms with Crippen molar-refractivity contribution in [1.29, 1.82) is 0 Å². The molecule has 0 bridgehead atoms. The molecule has 2 N–H and O–H groups in total. The summed E-state index contributed by atoms with van der Waals surface area (Å²) in [5.74, 6) is 0. The quantitative estimate of drug-likeness (QED) is 0.905. The fourth-order valence-corrected chi connectivity index (χ4v) is 3.80. The molecule has 1 aromatic carbocycles. The summed E-state index contributed by atoms with van der Waals surface area (Å²) in [7, 11) is -2.81. The van der Waals surface area contributed by atoms with E-state index in [1.165, 1.54) is 6.07 Å². The van der Waals surface area contributed by atoms with Gasteiger partial charge in [-0.1, -0.05) is 0 Å². The number of sulfonamides is 1. The summed E-state index contributed by atoms with van der Waals surface area (Å²) < 4.78 is 62.0. The molecule has 1 aromatic heterocycles. The molecule has 0 aliphatic heterocycles. The van der Waals surface area contributed by atoms with Gasteiger partial charge in [-0.3, -0.25) is 0 Å². The van der Waals surface area contributed by atoms with Crippen molar-refractivity contribution in [1.82, 2.24) is 0 Å². The number of nitrogens with two attached hydrogens (primary N) is 1. The summed E-state index contributed by atoms with van der Waals surface area (Å²) in [6, 6.07) is 6.85. The number of hydrogen-bond donors (Lipinski definition) is 1. The number of halogens is 3. The van der Waals surface area contributed by atoms with Crippen LogP contribution in [0.5, 0.6) is 0 Å². The summed E-state index contributed by atoms with van der Waals surface area (Å²) in [6.07, 6.45) is -4.81. The number of primary sulfonamides is 1. The van der Waals surface area contributed by atoms with E-state index in [9.17, 15) is 21.6 Å². The standard InChI is InChI=1S/C14H15F3N2O2S2/c1-9-3-5-11(22-9)8-19(2)10-4-6-13(23(18,20)21)12(7-10)14(15,16)17/h3-7H,8H2,1-2H3,(H2,18,20,21). The Morgan fingerprint density at radius 3 is 2.35 bits per heavy atom. The Bertz CT molecular complexity index is 814. The summed E-state index contributed by atoms with van der Waals surface area (Å²) in [6.45, 7) is 2.36. The predicted octanol–water partition coefficient (Wildman–Crippen LogP) is 3.36. The maximum atomic E-state index is 13.1. The SMILES string of the molecule is Cc1ccc(CN(C)c2ccc(S(N)(=O)=O)c(C(F)(F)F)c2)s1. The molecule has 126 valence electrons. The van der Waals surface area contributed by atoms with E-state index in [2.05, 4.69) is 0 Å². The van der Waals surface area contributed by atoms with Crippen LogP contribution >= 0.6 is 11.3 Å². The number of alkyl halides is 3. The van der Waals surface area contributed by atoms with Gasteiger partial charge in [0.05, 0.1) is 17.0 Å². The van der Waals surface area contributed by atoms with Crippen LogP contribution in [0.2, 0.25) is 0 Å². The predicted molar refractivity (Wildman–Crippen MR) is 84.0 cm³/mol. The van der Waals surface area contributed by atoms with Gasteiger partial charge in [0, 0.05) is 22.5 Å². The largest absolute Gasteiger partial charge is 0.417 e. The number of nitrogens with zero attached hydrogens (tertiary/aromatic N) is 1. The zero-order valence-electron chi connectivity index (χ0n) is 12.4. The van der Waals surface area contributed by atoms with Gasteiger partial charge in [0.15, 0.2) is 0 Å². The lowest BCUT2D eigenvalue weighted by atomic mass is 10.2. The van der Waals surface area contributed by atoms with Gasteiger partial charge in [-0.2, -0.15) is 13.2 Å². The number of rotatable bonds is 4. The highest BCUT2D eigenvalue weighted by atomic mass is 32.2. The van der Waals surface area contributed by atoms with Crippen LogP contribution in [0.4, 0.5) is 18.9 Å². The van der Waals surface area contributed by atoms with Crippen LogP contribution in [0.1, 0.15) is 15.3 Å². The molecule has 0 saturated carbocycles. The van der Waals surface area contributed by atoms with E-state index in [0.717, 1.165) is 21.9 Å². The van der Waals surface area contributed by atoms with Crippen molar-refractivity contribution in [3.8, 4) is 0 Å². The molecule has 0 radical (unpaired) electrons. The van der Waals surface area contributed by atoms with E-state index >= 15 is 0 Å². The van der Waals surface area contributed by atoms with Gasteiger partial charge in [0.1, 0.15) is 0 Å². The maximum Gasteiger partial charge on any atom is 0.417 e. The molecule has 0 saturated heterocycles. The van der Waals surface area contributed by atoms with E-state index in [1.54, 1.807) is 23.3 Å². The van der Waals surface area contributed by atoms with Crippen LogP contribution in [-0.4, -0.2) is 15.5 Å². The van der Waals surface area contributed by atoms with E-state index in [1.807, 2.05) is 19.1 Å². The summed E-state index contributed by atoms with van der Waals surface area (Å²) in [5, 5.41) is 4.87. The van der Waals surface area contributed by atoms with Gasteiger partial charge in [-0.25, -0.2) is 13.6 Å². The molecule has 9 heteroatoms. The highest BCUT2D eigenvalue weighted by Gasteiger charge is 2.36. The third-order valence-electron chi connectivity index (χ3n) is 3.20. The van der Waals surface area contributed by atoms with Crippen LogP contribution in [0.25, 0.3) is 0 Å². The zero-order chi connectivity index (χ0) is 17.4. The van der Waals surface area contributed by atoms with Gasteiger partial charge in [-0.05, 0) is 37.3 Å². The topological polar surface area (TPSA) is 63.4 Å². The van der Waals surface area contributed by atoms with Gasteiger partial charge in [-0.15, -0.1) is 11.3 Å². The molecule has 0 unspecified atom stereocenters. The van der Waals surface area contributed by atoms with Crippen molar-refractivity contribution in [3.05, 3.63) is 45.6 Å². The Morgan fingerprint density at radius 1 is 1.22 bits per heavy atom. The van der Waals surface area contributed by atoms with Gasteiger partial charge >= 0.3 is 6.18 Å². The lowest BCUT2D eigenvalue weighted by Crippen LogP contribution is -2.21. The monoisotopic (exact) mass is 364 g/mol. The van der Waals surface area contributed by atoms with Crippen molar-refractivity contribution in [2.24, 2.45) is 5.14 Å². The first kappa shape index (κ1) is 17.8. The minimum absolute atomic E-state index is 0.260. The molecule has 0 fully saturated rings. The number of thiophene rings is 1. The van der Waals surface area contributed by atoms with Crippen LogP contribution in [0, 0.1) is 6.92 Å². The first-order chi connectivity index (χ1) is 10.5. The highest BCUT2D eigenvalue weighted by Crippen LogP contribution is 2.36. The molecule has 0 amide bonds. The normalized spacial score (nSPS) is 12.4.